The molecule has 0 aromatic rings. The van der Waals surface area contributed by atoms with E-state index in [1.54, 1.807) is 0 Å². The molecule has 0 aromatic heterocycles. The molecule has 0 radical (unpaired) electrons. The lowest BCUT2D eigenvalue weighted by atomic mass is 9.72. The maximum Gasteiger partial charge on any atom is 0.418 e. The average Bonchev–Trinajstić information content (AvgIpc) is 2.72. The number of aliphatic carboxylic acids is 1. The molecule has 11 heteroatoms. The van der Waals surface area contributed by atoms with Crippen molar-refractivity contribution in [3.8, 4) is 0 Å². The number of carboxylic acids is 1. The molecule has 3 atom stereocenters. The van der Waals surface area contributed by atoms with Crippen molar-refractivity contribution in [1.29, 1.82) is 0 Å². The predicted molar refractivity (Wildman–Crippen MR) is 80.2 cm³/mol. The van der Waals surface area contributed by atoms with Crippen LogP contribution in [0.3, 0.4) is 0 Å². The third-order valence-corrected chi connectivity index (χ3v) is 5.63. The van der Waals surface area contributed by atoms with Gasteiger partial charge in [0.2, 0.25) is 0 Å². The molecule has 0 aliphatic carbocycles. The topological polar surface area (TPSA) is 136 Å². The molecule has 0 spiro atoms. The van der Waals surface area contributed by atoms with Crippen LogP contribution in [-0.4, -0.2) is 71.3 Å². The number of fused-ring (bicyclic) bond motifs is 2. The number of nitrogens with one attached hydrogen (secondary N) is 1. The van der Waals surface area contributed by atoms with Crippen LogP contribution in [0.15, 0.2) is 0 Å². The van der Waals surface area contributed by atoms with Gasteiger partial charge < -0.3 is 15.3 Å². The van der Waals surface area contributed by atoms with Gasteiger partial charge in [0.15, 0.2) is 0 Å². The average molecular weight is 363 g/mol. The number of carbonyl (C=O) groups excluding carboxylic acids is 1. The minimum absolute atomic E-state index is 0.0740. The van der Waals surface area contributed by atoms with Crippen LogP contribution < -0.4 is 5.32 Å². The molecule has 10 nitrogen and oxygen atoms in total. The second kappa shape index (κ2) is 6.14. The lowest BCUT2D eigenvalue weighted by Crippen LogP contribution is -2.62. The van der Waals surface area contributed by atoms with E-state index in [4.69, 9.17) is 4.55 Å². The smallest absolute Gasteiger partial charge is 0.418 e. The fourth-order valence-electron chi connectivity index (χ4n) is 4.21. The lowest BCUT2D eigenvalue weighted by molar-refractivity contribution is -0.155. The van der Waals surface area contributed by atoms with Crippen LogP contribution in [0.2, 0.25) is 0 Å². The molecule has 2 amide bonds. The molecule has 3 N–H and O–H groups in total. The van der Waals surface area contributed by atoms with Crippen molar-refractivity contribution in [2.24, 2.45) is 5.92 Å². The fraction of sp³-hybridized carbons (Fsp3) is 0.846. The quantitative estimate of drug-likeness (QED) is 0.586. The number of piperidine rings is 1. The summed E-state index contributed by atoms with van der Waals surface area (Å²) in [5.74, 6) is -1.30. The molecule has 3 fully saturated rings. The van der Waals surface area contributed by atoms with Gasteiger partial charge in [0, 0.05) is 6.54 Å². The third kappa shape index (κ3) is 2.85. The number of nitrogens with zero attached hydrogens (tertiary/aromatic N) is 2. The minimum atomic E-state index is -4.85. The Morgan fingerprint density at radius 3 is 2.71 bits per heavy atom. The van der Waals surface area contributed by atoms with Crippen molar-refractivity contribution in [1.82, 2.24) is 15.3 Å². The monoisotopic (exact) mass is 363 g/mol. The summed E-state index contributed by atoms with van der Waals surface area (Å²) in [6.07, 6.45) is 2.64. The van der Waals surface area contributed by atoms with Gasteiger partial charge in [-0.3, -0.25) is 4.55 Å². The number of carbonyl (C=O) groups is 2. The van der Waals surface area contributed by atoms with Crippen LogP contribution in [0, 0.1) is 5.92 Å². The summed E-state index contributed by atoms with van der Waals surface area (Å²) in [7, 11) is -4.85. The maximum atomic E-state index is 12.6. The number of carboxylic acid groups (broad SMARTS) is 1. The first-order chi connectivity index (χ1) is 11.3. The Balaban J connectivity index is 1.92. The summed E-state index contributed by atoms with van der Waals surface area (Å²) in [6, 6.07) is -1.41. The van der Waals surface area contributed by atoms with Gasteiger partial charge in [-0.2, -0.15) is 13.5 Å². The van der Waals surface area contributed by atoms with Gasteiger partial charge in [-0.15, -0.1) is 4.28 Å². The van der Waals surface area contributed by atoms with Crippen molar-refractivity contribution in [3.63, 3.8) is 0 Å². The summed E-state index contributed by atoms with van der Waals surface area (Å²) in [6.45, 7) is 1.56. The Kier molecular flexibility index (Phi) is 4.45. The van der Waals surface area contributed by atoms with Gasteiger partial charge in [-0.25, -0.2) is 9.59 Å². The van der Waals surface area contributed by atoms with E-state index >= 15 is 0 Å². The molecular weight excluding hydrogens is 342 g/mol. The summed E-state index contributed by atoms with van der Waals surface area (Å²) in [5.41, 5.74) is -1.36. The Morgan fingerprint density at radius 1 is 1.29 bits per heavy atom. The number of hydrogen-bond donors (Lipinski definition) is 3. The summed E-state index contributed by atoms with van der Waals surface area (Å²) in [4.78, 5) is 26.0. The zero-order valence-corrected chi connectivity index (χ0v) is 13.9. The summed E-state index contributed by atoms with van der Waals surface area (Å²) < 4.78 is 35.1. The summed E-state index contributed by atoms with van der Waals surface area (Å²) >= 11 is 0. The van der Waals surface area contributed by atoms with Crippen molar-refractivity contribution >= 4 is 22.4 Å². The van der Waals surface area contributed by atoms with E-state index in [0.29, 0.717) is 30.9 Å². The van der Waals surface area contributed by atoms with E-state index in [0.717, 1.165) is 13.0 Å². The van der Waals surface area contributed by atoms with E-state index in [9.17, 15) is 23.1 Å². The largest absolute Gasteiger partial charge is 0.479 e. The first-order valence-electron chi connectivity index (χ1n) is 7.97. The molecule has 136 valence electrons. The molecule has 3 saturated heterocycles. The molecule has 24 heavy (non-hydrogen) atoms. The second-order valence-corrected chi connectivity index (χ2v) is 7.53. The number of hydrogen-bond acceptors (Lipinski definition) is 6. The predicted octanol–water partition coefficient (Wildman–Crippen LogP) is -0.166. The SMILES string of the molecule is O=C1N(OS(=O)(=O)O)[C@@H]2CC[C@@](C(=O)O)(C3CCCNCC3)N1C2. The van der Waals surface area contributed by atoms with Crippen molar-refractivity contribution in [2.75, 3.05) is 19.6 Å². The molecular formula is C13H21N3O7S. The molecule has 3 rings (SSSR count). The molecule has 0 aromatic carbocycles. The second-order valence-electron chi connectivity index (χ2n) is 6.52. The normalized spacial score (nSPS) is 34.3. The van der Waals surface area contributed by atoms with Crippen LogP contribution in [0.1, 0.15) is 32.1 Å². The highest BCUT2D eigenvalue weighted by Crippen LogP contribution is 2.44. The molecule has 0 saturated carbocycles. The van der Waals surface area contributed by atoms with Gasteiger partial charge in [-0.05, 0) is 51.1 Å². The van der Waals surface area contributed by atoms with Crippen molar-refractivity contribution < 1.29 is 31.9 Å². The highest BCUT2D eigenvalue weighted by atomic mass is 32.3. The first-order valence-corrected chi connectivity index (χ1v) is 9.34. The molecule has 3 aliphatic rings. The highest BCUT2D eigenvalue weighted by Gasteiger charge is 2.61. The van der Waals surface area contributed by atoms with Gasteiger partial charge in [0.05, 0.1) is 6.04 Å². The standard InChI is InChI=1S/C13H21N3O7S/c17-11(18)13(9-2-1-6-14-7-4-9)5-3-10-8-15(13)12(19)16(10)23-24(20,21)22/h9-10,14H,1-8H2,(H,17,18)(H,20,21,22)/t9?,10-,13+/m1/s1. The van der Waals surface area contributed by atoms with E-state index in [1.165, 1.54) is 4.90 Å². The van der Waals surface area contributed by atoms with Gasteiger partial charge in [-0.1, -0.05) is 0 Å². The highest BCUT2D eigenvalue weighted by molar-refractivity contribution is 7.80. The van der Waals surface area contributed by atoms with Crippen LogP contribution in [-0.2, 0) is 19.5 Å². The Labute approximate surface area is 139 Å². The summed E-state index contributed by atoms with van der Waals surface area (Å²) in [5, 5.41) is 13.8. The van der Waals surface area contributed by atoms with Gasteiger partial charge >= 0.3 is 22.4 Å². The van der Waals surface area contributed by atoms with E-state index in [1.807, 2.05) is 0 Å². The number of rotatable bonds is 4. The Bertz CT molecular complexity index is 631. The lowest BCUT2D eigenvalue weighted by Gasteiger charge is -2.45. The van der Waals surface area contributed by atoms with E-state index < -0.39 is 34.0 Å². The number of amides is 2. The van der Waals surface area contributed by atoms with Crippen LogP contribution in [0.5, 0.6) is 0 Å². The first kappa shape index (κ1) is 17.4. The van der Waals surface area contributed by atoms with Crippen molar-refractivity contribution in [3.05, 3.63) is 0 Å². The van der Waals surface area contributed by atoms with Crippen LogP contribution in [0.25, 0.3) is 0 Å². The molecule has 2 bridgehead atoms. The molecule has 1 unspecified atom stereocenters. The third-order valence-electron chi connectivity index (χ3n) is 5.28. The maximum absolute atomic E-state index is 12.6. The van der Waals surface area contributed by atoms with Gasteiger partial charge in [0.1, 0.15) is 5.54 Å². The zero-order valence-electron chi connectivity index (χ0n) is 13.0. The van der Waals surface area contributed by atoms with Crippen LogP contribution in [0.4, 0.5) is 4.79 Å². The molecule has 3 aliphatic heterocycles. The van der Waals surface area contributed by atoms with Crippen molar-refractivity contribution in [2.45, 2.75) is 43.7 Å². The number of hydroxylamine groups is 2. The van der Waals surface area contributed by atoms with E-state index in [2.05, 4.69) is 9.60 Å². The Morgan fingerprint density at radius 2 is 2.04 bits per heavy atom. The zero-order chi connectivity index (χ0) is 17.5. The minimum Gasteiger partial charge on any atom is -0.479 e. The molecule has 3 heterocycles. The van der Waals surface area contributed by atoms with Crippen LogP contribution >= 0.6 is 0 Å². The fourth-order valence-corrected chi connectivity index (χ4v) is 4.60. The van der Waals surface area contributed by atoms with Gasteiger partial charge in [0.25, 0.3) is 0 Å². The number of urea groups is 1. The Hall–Kier alpha value is -1.43. The van der Waals surface area contributed by atoms with E-state index in [-0.39, 0.29) is 18.9 Å².